The van der Waals surface area contributed by atoms with E-state index in [0.717, 1.165) is 11.1 Å². The van der Waals surface area contributed by atoms with Crippen molar-refractivity contribution in [1.29, 1.82) is 0 Å². The van der Waals surface area contributed by atoms with Crippen LogP contribution in [0.15, 0.2) is 36.5 Å². The summed E-state index contributed by atoms with van der Waals surface area (Å²) < 4.78 is 0. The summed E-state index contributed by atoms with van der Waals surface area (Å²) in [5, 5.41) is 8.41. The van der Waals surface area contributed by atoms with Crippen molar-refractivity contribution in [2.75, 3.05) is 0 Å². The Hall–Kier alpha value is -1.31. The molecule has 0 amide bonds. The van der Waals surface area contributed by atoms with E-state index < -0.39 is 5.97 Å². The van der Waals surface area contributed by atoms with Crippen molar-refractivity contribution in [2.24, 2.45) is 0 Å². The number of allylic oxidation sites excluding steroid dienone is 4. The first-order chi connectivity index (χ1) is 5.56. The number of carbonyl (C=O) groups is 1. The first kappa shape index (κ1) is 10.7. The Morgan fingerprint density at radius 3 is 2.42 bits per heavy atom. The highest BCUT2D eigenvalue weighted by atomic mass is 16.4. The standard InChI is InChI=1S/C10H14O2/c1-4-9(7-8(2)3)5-6-10(11)12/h4,7H,1-2,5-6H2,3H3,(H,11,12)/b9-7+. The van der Waals surface area contributed by atoms with Crippen LogP contribution in [0.1, 0.15) is 19.8 Å². The highest BCUT2D eigenvalue weighted by Crippen LogP contribution is 2.08. The molecule has 0 aromatic heterocycles. The molecular weight excluding hydrogens is 152 g/mol. The van der Waals surface area contributed by atoms with Crippen LogP contribution in [0.25, 0.3) is 0 Å². The Morgan fingerprint density at radius 2 is 2.08 bits per heavy atom. The van der Waals surface area contributed by atoms with Gasteiger partial charge in [-0.05, 0) is 18.9 Å². The molecule has 0 aromatic rings. The first-order valence-corrected chi connectivity index (χ1v) is 3.76. The first-order valence-electron chi connectivity index (χ1n) is 3.76. The monoisotopic (exact) mass is 166 g/mol. The van der Waals surface area contributed by atoms with Crippen molar-refractivity contribution < 1.29 is 9.90 Å². The third-order valence-electron chi connectivity index (χ3n) is 1.32. The summed E-state index contributed by atoms with van der Waals surface area (Å²) in [5.41, 5.74) is 1.83. The van der Waals surface area contributed by atoms with Gasteiger partial charge in [0.25, 0.3) is 0 Å². The van der Waals surface area contributed by atoms with Crippen LogP contribution >= 0.6 is 0 Å². The lowest BCUT2D eigenvalue weighted by molar-refractivity contribution is -0.136. The van der Waals surface area contributed by atoms with Gasteiger partial charge in [-0.2, -0.15) is 0 Å². The largest absolute Gasteiger partial charge is 0.481 e. The van der Waals surface area contributed by atoms with Gasteiger partial charge in [-0.15, -0.1) is 0 Å². The Labute approximate surface area is 72.9 Å². The van der Waals surface area contributed by atoms with E-state index in [1.165, 1.54) is 0 Å². The van der Waals surface area contributed by atoms with Gasteiger partial charge in [0.15, 0.2) is 0 Å². The smallest absolute Gasteiger partial charge is 0.303 e. The molecular formula is C10H14O2. The maximum atomic E-state index is 10.2. The molecule has 0 atom stereocenters. The summed E-state index contributed by atoms with van der Waals surface area (Å²) in [5.74, 6) is -0.788. The Kier molecular flexibility index (Phi) is 4.77. The zero-order chi connectivity index (χ0) is 9.56. The minimum atomic E-state index is -0.788. The van der Waals surface area contributed by atoms with Crippen molar-refractivity contribution in [3.05, 3.63) is 36.5 Å². The third-order valence-corrected chi connectivity index (χ3v) is 1.32. The third kappa shape index (κ3) is 5.47. The van der Waals surface area contributed by atoms with Gasteiger partial charge in [0.05, 0.1) is 0 Å². The van der Waals surface area contributed by atoms with E-state index in [4.69, 9.17) is 5.11 Å². The molecule has 0 heterocycles. The highest BCUT2D eigenvalue weighted by Gasteiger charge is 1.98. The quantitative estimate of drug-likeness (QED) is 0.637. The second-order valence-electron chi connectivity index (χ2n) is 2.66. The second kappa shape index (κ2) is 5.35. The van der Waals surface area contributed by atoms with Gasteiger partial charge in [0, 0.05) is 6.42 Å². The average Bonchev–Trinajstić information content (AvgIpc) is 1.97. The molecule has 0 aliphatic rings. The fourth-order valence-corrected chi connectivity index (χ4v) is 0.801. The van der Waals surface area contributed by atoms with E-state index in [-0.39, 0.29) is 6.42 Å². The van der Waals surface area contributed by atoms with Crippen molar-refractivity contribution in [2.45, 2.75) is 19.8 Å². The molecule has 0 saturated heterocycles. The lowest BCUT2D eigenvalue weighted by Crippen LogP contribution is -1.94. The molecule has 2 nitrogen and oxygen atoms in total. The van der Waals surface area contributed by atoms with Gasteiger partial charge in [-0.1, -0.05) is 30.9 Å². The summed E-state index contributed by atoms with van der Waals surface area (Å²) >= 11 is 0. The van der Waals surface area contributed by atoms with Crippen LogP contribution in [0, 0.1) is 0 Å². The fourth-order valence-electron chi connectivity index (χ4n) is 0.801. The number of aliphatic carboxylic acids is 1. The lowest BCUT2D eigenvalue weighted by Gasteiger charge is -1.98. The number of carboxylic acid groups (broad SMARTS) is 1. The van der Waals surface area contributed by atoms with Crippen LogP contribution in [0.2, 0.25) is 0 Å². The molecule has 1 N–H and O–H groups in total. The van der Waals surface area contributed by atoms with E-state index in [9.17, 15) is 4.79 Å². The summed E-state index contributed by atoms with van der Waals surface area (Å²) in [7, 11) is 0. The van der Waals surface area contributed by atoms with E-state index in [2.05, 4.69) is 13.2 Å². The lowest BCUT2D eigenvalue weighted by atomic mass is 10.1. The number of hydrogen-bond acceptors (Lipinski definition) is 1. The average molecular weight is 166 g/mol. The molecule has 0 aromatic carbocycles. The van der Waals surface area contributed by atoms with Crippen molar-refractivity contribution >= 4 is 5.97 Å². The Bertz CT molecular complexity index is 224. The molecule has 66 valence electrons. The molecule has 2 heteroatoms. The Morgan fingerprint density at radius 1 is 1.50 bits per heavy atom. The van der Waals surface area contributed by atoms with Crippen molar-refractivity contribution in [3.8, 4) is 0 Å². The van der Waals surface area contributed by atoms with E-state index >= 15 is 0 Å². The molecule has 0 saturated carbocycles. The van der Waals surface area contributed by atoms with Crippen LogP contribution in [-0.2, 0) is 4.79 Å². The van der Waals surface area contributed by atoms with Crippen LogP contribution in [0.4, 0.5) is 0 Å². The van der Waals surface area contributed by atoms with E-state index in [1.807, 2.05) is 13.0 Å². The Balaban J connectivity index is 4.09. The predicted octanol–water partition coefficient (Wildman–Crippen LogP) is 2.54. The number of hydrogen-bond donors (Lipinski definition) is 1. The number of carboxylic acids is 1. The molecule has 0 fully saturated rings. The van der Waals surface area contributed by atoms with E-state index in [0.29, 0.717) is 6.42 Å². The van der Waals surface area contributed by atoms with Gasteiger partial charge in [0.2, 0.25) is 0 Å². The summed E-state index contributed by atoms with van der Waals surface area (Å²) in [6.45, 7) is 9.15. The summed E-state index contributed by atoms with van der Waals surface area (Å²) in [6, 6.07) is 0. The van der Waals surface area contributed by atoms with Gasteiger partial charge >= 0.3 is 5.97 Å². The molecule has 0 bridgehead atoms. The SMILES string of the molecule is C=C/C(=C\C(=C)C)CCC(=O)O. The molecule has 0 radical (unpaired) electrons. The number of rotatable bonds is 5. The maximum Gasteiger partial charge on any atom is 0.303 e. The van der Waals surface area contributed by atoms with E-state index in [1.54, 1.807) is 6.08 Å². The van der Waals surface area contributed by atoms with Crippen LogP contribution < -0.4 is 0 Å². The maximum absolute atomic E-state index is 10.2. The molecule has 0 rings (SSSR count). The molecule has 0 spiro atoms. The van der Waals surface area contributed by atoms with Crippen molar-refractivity contribution in [3.63, 3.8) is 0 Å². The zero-order valence-electron chi connectivity index (χ0n) is 7.34. The molecule has 0 aliphatic carbocycles. The van der Waals surface area contributed by atoms with Gasteiger partial charge in [0.1, 0.15) is 0 Å². The second-order valence-corrected chi connectivity index (χ2v) is 2.66. The van der Waals surface area contributed by atoms with Crippen LogP contribution in [-0.4, -0.2) is 11.1 Å². The molecule has 12 heavy (non-hydrogen) atoms. The fraction of sp³-hybridized carbons (Fsp3) is 0.300. The van der Waals surface area contributed by atoms with Gasteiger partial charge in [-0.3, -0.25) is 4.79 Å². The minimum Gasteiger partial charge on any atom is -0.481 e. The zero-order valence-corrected chi connectivity index (χ0v) is 7.34. The van der Waals surface area contributed by atoms with Gasteiger partial charge < -0.3 is 5.11 Å². The van der Waals surface area contributed by atoms with Crippen LogP contribution in [0.3, 0.4) is 0 Å². The van der Waals surface area contributed by atoms with Crippen molar-refractivity contribution in [1.82, 2.24) is 0 Å². The van der Waals surface area contributed by atoms with Gasteiger partial charge in [-0.25, -0.2) is 0 Å². The highest BCUT2D eigenvalue weighted by molar-refractivity contribution is 5.67. The summed E-state index contributed by atoms with van der Waals surface area (Å²) in [6.07, 6.45) is 4.17. The summed E-state index contributed by atoms with van der Waals surface area (Å²) in [4.78, 5) is 10.2. The predicted molar refractivity (Wildman–Crippen MR) is 50.0 cm³/mol. The molecule has 0 aliphatic heterocycles. The van der Waals surface area contributed by atoms with Crippen LogP contribution in [0.5, 0.6) is 0 Å². The normalized spacial score (nSPS) is 10.9. The minimum absolute atomic E-state index is 0.144. The topological polar surface area (TPSA) is 37.3 Å². The molecule has 0 unspecified atom stereocenters.